The number of hydrogen-bond acceptors (Lipinski definition) is 1. The maximum atomic E-state index is 5.36. The Kier molecular flexibility index (Phi) is 11.9. The van der Waals surface area contributed by atoms with Gasteiger partial charge >= 0.3 is 77.0 Å². The van der Waals surface area contributed by atoms with Crippen LogP contribution in [0.4, 0.5) is 0 Å². The normalized spacial score (nSPS) is 10.4. The standard InChI is InChI=1S/C8H11N.4HI.Sn/c9-7-6-8-4-2-1-3-5-8;;;;;/h1-5H,6-7,9H2;4*1H;/q;;;;;+4/p-4. The van der Waals surface area contributed by atoms with Crippen molar-refractivity contribution in [2.45, 2.75) is 6.42 Å². The van der Waals surface area contributed by atoms with E-state index in [4.69, 9.17) is 5.73 Å². The van der Waals surface area contributed by atoms with E-state index >= 15 is 0 Å². The number of rotatable bonds is 2. The molecule has 0 atom stereocenters. The van der Waals surface area contributed by atoms with Crippen LogP contribution in [-0.2, 0) is 6.42 Å². The van der Waals surface area contributed by atoms with Crippen molar-refractivity contribution >= 4 is 77.0 Å². The quantitative estimate of drug-likeness (QED) is 0.354. The fourth-order valence-electron chi connectivity index (χ4n) is 0.811. The first kappa shape index (κ1) is 16.9. The average Bonchev–Trinajstić information content (AvgIpc) is 2.03. The van der Waals surface area contributed by atoms with Gasteiger partial charge in [-0.1, -0.05) is 30.3 Å². The molecule has 0 unspecified atom stereocenters. The van der Waals surface area contributed by atoms with E-state index in [2.05, 4.69) is 86.7 Å². The molecule has 0 radical (unpaired) electrons. The van der Waals surface area contributed by atoms with E-state index in [-0.39, 0.29) is 0 Å². The second-order valence-electron chi connectivity index (χ2n) is 2.45. The van der Waals surface area contributed by atoms with Gasteiger partial charge in [-0.25, -0.2) is 0 Å². The van der Waals surface area contributed by atoms with Gasteiger partial charge < -0.3 is 5.73 Å². The van der Waals surface area contributed by atoms with Gasteiger partial charge in [0, 0.05) is 0 Å². The molecule has 6 heteroatoms. The van der Waals surface area contributed by atoms with Crippen LogP contribution in [0.15, 0.2) is 30.3 Å². The molecule has 0 saturated heterocycles. The van der Waals surface area contributed by atoms with Crippen LogP contribution >= 0.6 is 74.5 Å². The van der Waals surface area contributed by atoms with E-state index in [9.17, 15) is 0 Å². The fourth-order valence-corrected chi connectivity index (χ4v) is 0.811. The molecule has 1 nitrogen and oxygen atoms in total. The van der Waals surface area contributed by atoms with Crippen LogP contribution in [0.5, 0.6) is 0 Å². The Morgan fingerprint density at radius 2 is 1.43 bits per heavy atom. The molecule has 1 aromatic rings. The Morgan fingerprint density at radius 3 is 1.79 bits per heavy atom. The molecule has 0 aliphatic carbocycles. The van der Waals surface area contributed by atoms with E-state index < -0.39 is 2.50 Å². The predicted molar refractivity (Wildman–Crippen MR) is 101 cm³/mol. The number of hydrogen-bond donors (Lipinski definition) is 1. The van der Waals surface area contributed by atoms with E-state index in [1.165, 1.54) is 5.56 Å². The number of halogens is 4. The minimum absolute atomic E-state index is 0.740. The van der Waals surface area contributed by atoms with Gasteiger partial charge in [0.1, 0.15) is 0 Å². The molecule has 1 aromatic carbocycles. The van der Waals surface area contributed by atoms with Crippen LogP contribution in [0.3, 0.4) is 0 Å². The Hall–Kier alpha value is 2.90. The molecule has 2 N–H and O–H groups in total. The van der Waals surface area contributed by atoms with Crippen molar-refractivity contribution < 1.29 is 0 Å². The van der Waals surface area contributed by atoms with Gasteiger partial charge in [0.15, 0.2) is 0 Å². The third-order valence-electron chi connectivity index (χ3n) is 1.28. The summed E-state index contributed by atoms with van der Waals surface area (Å²) in [6.45, 7) is 0.740. The monoisotopic (exact) mass is 749 g/mol. The molecule has 0 spiro atoms. The molecule has 0 saturated carbocycles. The van der Waals surface area contributed by atoms with Crippen LogP contribution in [0, 0.1) is 0 Å². The first-order chi connectivity index (χ1) is 6.43. The van der Waals surface area contributed by atoms with Gasteiger partial charge in [0.2, 0.25) is 0 Å². The van der Waals surface area contributed by atoms with Crippen molar-refractivity contribution in [2.24, 2.45) is 5.73 Å². The number of benzene rings is 1. The summed E-state index contributed by atoms with van der Waals surface area (Å²) >= 11 is 10.2. The Bertz CT molecular complexity index is 231. The Morgan fingerprint density at radius 1 is 1.00 bits per heavy atom. The summed E-state index contributed by atoms with van der Waals surface area (Å²) in [5.74, 6) is 0. The van der Waals surface area contributed by atoms with Gasteiger partial charge in [-0.3, -0.25) is 0 Å². The predicted octanol–water partition coefficient (Wildman–Crippen LogP) is 4.35. The minimum atomic E-state index is -1.30. The van der Waals surface area contributed by atoms with E-state index in [0.717, 1.165) is 13.0 Å². The van der Waals surface area contributed by atoms with Crippen LogP contribution in [0.1, 0.15) is 5.56 Å². The zero-order valence-corrected chi connectivity index (χ0v) is 18.9. The molecular weight excluding hydrogens is 736 g/mol. The molecule has 1 rings (SSSR count). The Balaban J connectivity index is 0.000000292. The summed E-state index contributed by atoms with van der Waals surface area (Å²) in [5, 5.41) is 0. The molecular formula is C8H11I4NSn. The fraction of sp³-hybridized carbons (Fsp3) is 0.250. The third kappa shape index (κ3) is 14.9. The molecule has 0 aliphatic rings. The molecule has 0 heterocycles. The van der Waals surface area contributed by atoms with Gasteiger partial charge in [-0.15, -0.1) is 0 Å². The molecule has 0 fully saturated rings. The van der Waals surface area contributed by atoms with Crippen LogP contribution in [-0.4, -0.2) is 9.05 Å². The first-order valence-corrected chi connectivity index (χ1v) is 37.2. The molecule has 0 aliphatic heterocycles. The molecule has 0 amide bonds. The number of nitrogens with two attached hydrogens (primary N) is 1. The summed E-state index contributed by atoms with van der Waals surface area (Å²) in [6.07, 6.45) is 0.987. The first-order valence-electron chi connectivity index (χ1n) is 3.93. The average molecular weight is 748 g/mol. The summed E-state index contributed by atoms with van der Waals surface area (Å²) in [4.78, 5) is 0. The van der Waals surface area contributed by atoms with Crippen LogP contribution < -0.4 is 5.73 Å². The second kappa shape index (κ2) is 9.88. The van der Waals surface area contributed by atoms with Gasteiger partial charge in [-0.2, -0.15) is 0 Å². The van der Waals surface area contributed by atoms with E-state index in [1.54, 1.807) is 0 Å². The van der Waals surface area contributed by atoms with Crippen molar-refractivity contribution in [1.29, 1.82) is 0 Å². The summed E-state index contributed by atoms with van der Waals surface area (Å²) in [5.41, 5.74) is 6.68. The van der Waals surface area contributed by atoms with Gasteiger partial charge in [-0.05, 0) is 18.5 Å². The topological polar surface area (TPSA) is 26.0 Å². The molecule has 0 bridgehead atoms. The van der Waals surface area contributed by atoms with E-state index in [0.29, 0.717) is 0 Å². The third-order valence-corrected chi connectivity index (χ3v) is 1.28. The molecule has 80 valence electrons. The zero-order valence-electron chi connectivity index (χ0n) is 7.39. The van der Waals surface area contributed by atoms with Crippen LogP contribution in [0.25, 0.3) is 0 Å². The Labute approximate surface area is 128 Å². The van der Waals surface area contributed by atoms with Gasteiger partial charge in [0.25, 0.3) is 0 Å². The molecule has 0 aromatic heterocycles. The SMILES string of the molecule is NCCc1ccccc1.[I][Sn]([I])([I])[I]. The summed E-state index contributed by atoms with van der Waals surface area (Å²) in [6, 6.07) is 10.3. The van der Waals surface area contributed by atoms with Crippen molar-refractivity contribution in [3.63, 3.8) is 0 Å². The molecule has 14 heavy (non-hydrogen) atoms. The van der Waals surface area contributed by atoms with Crippen LogP contribution in [0.2, 0.25) is 0 Å². The summed E-state index contributed by atoms with van der Waals surface area (Å²) < 4.78 is -1.30. The van der Waals surface area contributed by atoms with Crippen molar-refractivity contribution in [3.05, 3.63) is 35.9 Å². The van der Waals surface area contributed by atoms with E-state index in [1.807, 2.05) is 18.2 Å². The zero-order chi connectivity index (χ0) is 11.0. The van der Waals surface area contributed by atoms with Gasteiger partial charge in [0.05, 0.1) is 0 Å². The van der Waals surface area contributed by atoms with Crippen molar-refractivity contribution in [2.75, 3.05) is 6.54 Å². The maximum absolute atomic E-state index is 5.36. The second-order valence-corrected chi connectivity index (χ2v) is 131. The van der Waals surface area contributed by atoms with Crippen molar-refractivity contribution in [3.8, 4) is 0 Å². The van der Waals surface area contributed by atoms with Crippen molar-refractivity contribution in [1.82, 2.24) is 0 Å². The summed E-state index contributed by atoms with van der Waals surface area (Å²) in [7, 11) is 0.